The largest absolute Gasteiger partial charge is 0.274 e. The SMILES string of the molecule is CC(=O)N/N=C(/CC/C(=N/NC(C)=O)c1ccccc1)c1ccccc1. The Hall–Kier alpha value is -3.28. The molecule has 0 aromatic heterocycles. The molecule has 6 heteroatoms. The molecule has 0 saturated carbocycles. The molecule has 2 amide bonds. The predicted molar refractivity (Wildman–Crippen MR) is 103 cm³/mol. The monoisotopic (exact) mass is 350 g/mol. The molecule has 2 rings (SSSR count). The summed E-state index contributed by atoms with van der Waals surface area (Å²) in [6.07, 6.45) is 1.11. The number of nitrogens with one attached hydrogen (secondary N) is 2. The average Bonchev–Trinajstić information content (AvgIpc) is 2.65. The molecule has 0 unspecified atom stereocenters. The molecular weight excluding hydrogens is 328 g/mol. The van der Waals surface area contributed by atoms with E-state index in [1.54, 1.807) is 0 Å². The van der Waals surface area contributed by atoms with Crippen LogP contribution in [0.25, 0.3) is 0 Å². The Morgan fingerprint density at radius 3 is 1.35 bits per heavy atom. The zero-order valence-electron chi connectivity index (χ0n) is 14.9. The molecule has 0 atom stereocenters. The van der Waals surface area contributed by atoms with Gasteiger partial charge in [-0.1, -0.05) is 60.7 Å². The molecule has 0 fully saturated rings. The number of hydrazone groups is 2. The van der Waals surface area contributed by atoms with Gasteiger partial charge >= 0.3 is 0 Å². The van der Waals surface area contributed by atoms with Crippen LogP contribution in [0.3, 0.4) is 0 Å². The van der Waals surface area contributed by atoms with Gasteiger partial charge in [0.05, 0.1) is 11.4 Å². The second-order valence-electron chi connectivity index (χ2n) is 5.69. The van der Waals surface area contributed by atoms with Crippen LogP contribution in [0.5, 0.6) is 0 Å². The maximum atomic E-state index is 11.2. The minimum atomic E-state index is -0.228. The molecule has 0 heterocycles. The molecule has 134 valence electrons. The van der Waals surface area contributed by atoms with Gasteiger partial charge in [0.25, 0.3) is 0 Å². The number of benzene rings is 2. The number of carbonyl (C=O) groups excluding carboxylic acids is 2. The lowest BCUT2D eigenvalue weighted by atomic mass is 10.0. The van der Waals surface area contributed by atoms with Crippen LogP contribution in [0.2, 0.25) is 0 Å². The van der Waals surface area contributed by atoms with Gasteiger partial charge in [-0.3, -0.25) is 9.59 Å². The molecule has 0 radical (unpaired) electrons. The number of hydrogen-bond acceptors (Lipinski definition) is 4. The van der Waals surface area contributed by atoms with Gasteiger partial charge < -0.3 is 0 Å². The van der Waals surface area contributed by atoms with Crippen molar-refractivity contribution in [3.8, 4) is 0 Å². The highest BCUT2D eigenvalue weighted by Gasteiger charge is 2.09. The van der Waals surface area contributed by atoms with Crippen molar-refractivity contribution >= 4 is 23.2 Å². The molecule has 0 aliphatic heterocycles. The van der Waals surface area contributed by atoms with Crippen molar-refractivity contribution in [2.24, 2.45) is 10.2 Å². The summed E-state index contributed by atoms with van der Waals surface area (Å²) in [6, 6.07) is 19.3. The highest BCUT2D eigenvalue weighted by molar-refractivity contribution is 6.06. The summed E-state index contributed by atoms with van der Waals surface area (Å²) in [5.41, 5.74) is 8.33. The highest BCUT2D eigenvalue weighted by atomic mass is 16.2. The Kier molecular flexibility index (Phi) is 7.24. The minimum absolute atomic E-state index is 0.228. The van der Waals surface area contributed by atoms with E-state index >= 15 is 0 Å². The highest BCUT2D eigenvalue weighted by Crippen LogP contribution is 2.11. The van der Waals surface area contributed by atoms with Crippen molar-refractivity contribution in [3.63, 3.8) is 0 Å². The molecule has 0 aliphatic carbocycles. The lowest BCUT2D eigenvalue weighted by molar-refractivity contribution is -0.119. The zero-order valence-corrected chi connectivity index (χ0v) is 14.9. The zero-order chi connectivity index (χ0) is 18.8. The first-order valence-electron chi connectivity index (χ1n) is 8.33. The summed E-state index contributed by atoms with van der Waals surface area (Å²) < 4.78 is 0. The average molecular weight is 350 g/mol. The van der Waals surface area contributed by atoms with E-state index in [0.717, 1.165) is 22.6 Å². The van der Waals surface area contributed by atoms with E-state index in [2.05, 4.69) is 21.1 Å². The number of nitrogens with zero attached hydrogens (tertiary/aromatic N) is 2. The van der Waals surface area contributed by atoms with Crippen molar-refractivity contribution < 1.29 is 9.59 Å². The smallest absolute Gasteiger partial charge is 0.236 e. The van der Waals surface area contributed by atoms with Gasteiger partial charge in [0.1, 0.15) is 0 Å². The van der Waals surface area contributed by atoms with Crippen molar-refractivity contribution in [2.45, 2.75) is 26.7 Å². The summed E-state index contributed by atoms with van der Waals surface area (Å²) in [6.45, 7) is 2.83. The molecule has 0 bridgehead atoms. The second kappa shape index (κ2) is 9.88. The van der Waals surface area contributed by atoms with Gasteiger partial charge in [-0.2, -0.15) is 10.2 Å². The Morgan fingerprint density at radius 1 is 0.692 bits per heavy atom. The van der Waals surface area contributed by atoms with Crippen LogP contribution in [0, 0.1) is 0 Å². The Labute approximate surface area is 153 Å². The van der Waals surface area contributed by atoms with Gasteiger partial charge in [-0.05, 0) is 24.0 Å². The number of rotatable bonds is 7. The van der Waals surface area contributed by atoms with Crippen LogP contribution in [-0.4, -0.2) is 23.2 Å². The normalized spacial score (nSPS) is 11.8. The summed E-state index contributed by atoms with van der Waals surface area (Å²) in [5, 5.41) is 8.46. The van der Waals surface area contributed by atoms with E-state index in [4.69, 9.17) is 0 Å². The van der Waals surface area contributed by atoms with Gasteiger partial charge in [-0.15, -0.1) is 0 Å². The Balaban J connectivity index is 2.22. The molecular formula is C20H22N4O2. The van der Waals surface area contributed by atoms with Crippen molar-refractivity contribution in [1.29, 1.82) is 0 Å². The van der Waals surface area contributed by atoms with Gasteiger partial charge in [0.15, 0.2) is 0 Å². The maximum absolute atomic E-state index is 11.2. The van der Waals surface area contributed by atoms with Crippen molar-refractivity contribution in [2.75, 3.05) is 0 Å². The van der Waals surface area contributed by atoms with Crippen LogP contribution < -0.4 is 10.9 Å². The van der Waals surface area contributed by atoms with E-state index in [-0.39, 0.29) is 11.8 Å². The third kappa shape index (κ3) is 6.32. The first-order valence-corrected chi connectivity index (χ1v) is 8.33. The van der Waals surface area contributed by atoms with Crippen LogP contribution in [0.1, 0.15) is 37.8 Å². The fraction of sp³-hybridized carbons (Fsp3) is 0.200. The van der Waals surface area contributed by atoms with Gasteiger partial charge in [-0.25, -0.2) is 10.9 Å². The van der Waals surface area contributed by atoms with Crippen LogP contribution >= 0.6 is 0 Å². The van der Waals surface area contributed by atoms with E-state index in [9.17, 15) is 9.59 Å². The first kappa shape index (κ1) is 19.1. The standard InChI is InChI=1S/C20H22N4O2/c1-15(25)21-23-19(17-9-5-3-6-10-17)13-14-20(24-22-16(2)26)18-11-7-4-8-12-18/h3-12H,13-14H2,1-2H3,(H,21,25)(H,22,26)/b23-19-,24-20-. The van der Waals surface area contributed by atoms with Crippen molar-refractivity contribution in [3.05, 3.63) is 71.8 Å². The molecule has 2 aromatic rings. The van der Waals surface area contributed by atoms with E-state index in [1.807, 2.05) is 60.7 Å². The number of carbonyl (C=O) groups is 2. The van der Waals surface area contributed by atoms with Crippen LogP contribution in [0.15, 0.2) is 70.9 Å². The lowest BCUT2D eigenvalue weighted by Crippen LogP contribution is -2.19. The Bertz CT molecular complexity index is 730. The van der Waals surface area contributed by atoms with E-state index in [1.165, 1.54) is 13.8 Å². The predicted octanol–water partition coefficient (Wildman–Crippen LogP) is 2.85. The summed E-state index contributed by atoms with van der Waals surface area (Å²) in [4.78, 5) is 22.5. The van der Waals surface area contributed by atoms with Crippen LogP contribution in [0.4, 0.5) is 0 Å². The topological polar surface area (TPSA) is 82.9 Å². The summed E-state index contributed by atoms with van der Waals surface area (Å²) >= 11 is 0. The molecule has 6 nitrogen and oxygen atoms in total. The van der Waals surface area contributed by atoms with E-state index < -0.39 is 0 Å². The minimum Gasteiger partial charge on any atom is -0.274 e. The maximum Gasteiger partial charge on any atom is 0.236 e. The third-order valence-electron chi connectivity index (χ3n) is 3.51. The molecule has 26 heavy (non-hydrogen) atoms. The number of hydrogen-bond donors (Lipinski definition) is 2. The second-order valence-corrected chi connectivity index (χ2v) is 5.69. The van der Waals surface area contributed by atoms with Gasteiger partial charge in [0.2, 0.25) is 11.8 Å². The fourth-order valence-electron chi connectivity index (χ4n) is 2.32. The van der Waals surface area contributed by atoms with Crippen molar-refractivity contribution in [1.82, 2.24) is 10.9 Å². The number of amides is 2. The Morgan fingerprint density at radius 2 is 1.04 bits per heavy atom. The summed E-state index contributed by atoms with van der Waals surface area (Å²) in [5.74, 6) is -0.456. The third-order valence-corrected chi connectivity index (χ3v) is 3.51. The first-order chi connectivity index (χ1) is 12.6. The molecule has 0 aliphatic rings. The fourth-order valence-corrected chi connectivity index (χ4v) is 2.32. The van der Waals surface area contributed by atoms with E-state index in [0.29, 0.717) is 12.8 Å². The quantitative estimate of drug-likeness (QED) is 0.594. The lowest BCUT2D eigenvalue weighted by Gasteiger charge is -2.10. The molecule has 0 saturated heterocycles. The molecule has 2 aromatic carbocycles. The summed E-state index contributed by atoms with van der Waals surface area (Å²) in [7, 11) is 0. The van der Waals surface area contributed by atoms with Crippen LogP contribution in [-0.2, 0) is 9.59 Å². The molecule has 2 N–H and O–H groups in total. The molecule has 0 spiro atoms. The van der Waals surface area contributed by atoms with Gasteiger partial charge in [0, 0.05) is 13.8 Å².